The van der Waals surface area contributed by atoms with Crippen molar-refractivity contribution < 1.29 is 27.9 Å². The van der Waals surface area contributed by atoms with Gasteiger partial charge in [-0.25, -0.2) is 4.79 Å². The van der Waals surface area contributed by atoms with E-state index in [2.05, 4.69) is 5.32 Å². The van der Waals surface area contributed by atoms with Crippen LogP contribution >= 0.6 is 0 Å². The van der Waals surface area contributed by atoms with Gasteiger partial charge in [0.1, 0.15) is 0 Å². The van der Waals surface area contributed by atoms with Crippen molar-refractivity contribution in [3.8, 4) is 0 Å². The van der Waals surface area contributed by atoms with Gasteiger partial charge in [-0.3, -0.25) is 4.79 Å². The van der Waals surface area contributed by atoms with E-state index in [1.54, 1.807) is 0 Å². The number of alkyl halides is 3. The fraction of sp³-hybridized carbons (Fsp3) is 0.333. The van der Waals surface area contributed by atoms with Gasteiger partial charge in [0.2, 0.25) is 5.91 Å². The minimum Gasteiger partial charge on any atom is -0.478 e. The van der Waals surface area contributed by atoms with Gasteiger partial charge < -0.3 is 16.2 Å². The molecule has 1 rings (SSSR count). The second-order valence-electron chi connectivity index (χ2n) is 4.19. The van der Waals surface area contributed by atoms with Crippen LogP contribution in [0.3, 0.4) is 0 Å². The lowest BCUT2D eigenvalue weighted by Crippen LogP contribution is -2.27. The van der Waals surface area contributed by atoms with Crippen LogP contribution in [0.4, 0.5) is 18.9 Å². The van der Waals surface area contributed by atoms with Gasteiger partial charge >= 0.3 is 12.1 Å². The number of rotatable bonds is 4. The highest BCUT2D eigenvalue weighted by Gasteiger charge is 2.32. The van der Waals surface area contributed by atoms with Crippen molar-refractivity contribution >= 4 is 17.6 Å². The van der Waals surface area contributed by atoms with Crippen LogP contribution in [-0.2, 0) is 11.0 Å². The van der Waals surface area contributed by atoms with Gasteiger partial charge in [-0.1, -0.05) is 6.92 Å². The third-order valence-electron chi connectivity index (χ3n) is 2.64. The number of carboxylic acid groups (broad SMARTS) is 1. The van der Waals surface area contributed by atoms with Crippen molar-refractivity contribution in [3.05, 3.63) is 29.3 Å². The monoisotopic (exact) mass is 290 g/mol. The first-order chi connectivity index (χ1) is 9.16. The van der Waals surface area contributed by atoms with Crippen molar-refractivity contribution in [2.45, 2.75) is 13.1 Å². The van der Waals surface area contributed by atoms with E-state index in [4.69, 9.17) is 10.8 Å². The minimum absolute atomic E-state index is 0.0366. The van der Waals surface area contributed by atoms with Crippen LogP contribution < -0.4 is 11.1 Å². The number of amides is 1. The zero-order valence-corrected chi connectivity index (χ0v) is 10.5. The first-order valence-electron chi connectivity index (χ1n) is 5.62. The fourth-order valence-corrected chi connectivity index (χ4v) is 1.37. The van der Waals surface area contributed by atoms with Gasteiger partial charge in [-0.15, -0.1) is 0 Å². The van der Waals surface area contributed by atoms with E-state index < -0.39 is 35.1 Å². The molecule has 1 unspecified atom stereocenters. The Bertz CT molecular complexity index is 529. The second-order valence-corrected chi connectivity index (χ2v) is 4.19. The normalized spacial score (nSPS) is 12.8. The number of halogens is 3. The van der Waals surface area contributed by atoms with E-state index in [-0.39, 0.29) is 12.2 Å². The van der Waals surface area contributed by atoms with Crippen LogP contribution in [0.15, 0.2) is 18.2 Å². The molecule has 0 saturated heterocycles. The number of carboxylic acids is 1. The average Bonchev–Trinajstić information content (AvgIpc) is 2.36. The third-order valence-corrected chi connectivity index (χ3v) is 2.64. The molecule has 0 aromatic heterocycles. The molecule has 1 atom stereocenters. The number of nitrogens with two attached hydrogens (primary N) is 1. The summed E-state index contributed by atoms with van der Waals surface area (Å²) in [5, 5.41) is 11.2. The Morgan fingerprint density at radius 3 is 2.45 bits per heavy atom. The quantitative estimate of drug-likeness (QED) is 0.790. The minimum atomic E-state index is -4.66. The summed E-state index contributed by atoms with van der Waals surface area (Å²) in [6, 6.07) is 2.09. The second kappa shape index (κ2) is 5.91. The van der Waals surface area contributed by atoms with Gasteiger partial charge in [0.25, 0.3) is 0 Å². The van der Waals surface area contributed by atoms with Crippen molar-refractivity contribution in [2.75, 3.05) is 11.9 Å². The van der Waals surface area contributed by atoms with Crippen molar-refractivity contribution in [2.24, 2.45) is 11.7 Å². The van der Waals surface area contributed by atoms with Crippen LogP contribution in [0.2, 0.25) is 0 Å². The Kier molecular flexibility index (Phi) is 4.72. The summed E-state index contributed by atoms with van der Waals surface area (Å²) >= 11 is 0. The zero-order chi connectivity index (χ0) is 15.5. The number of nitrogens with one attached hydrogen (secondary N) is 1. The first kappa shape index (κ1) is 16.0. The fourth-order valence-electron chi connectivity index (χ4n) is 1.37. The van der Waals surface area contributed by atoms with E-state index in [1.165, 1.54) is 6.92 Å². The number of anilines is 1. The maximum Gasteiger partial charge on any atom is 0.416 e. The van der Waals surface area contributed by atoms with Crippen LogP contribution in [0.5, 0.6) is 0 Å². The molecular weight excluding hydrogens is 277 g/mol. The Labute approximate surface area is 112 Å². The van der Waals surface area contributed by atoms with Crippen molar-refractivity contribution in [1.29, 1.82) is 0 Å². The molecule has 0 saturated carbocycles. The van der Waals surface area contributed by atoms with Crippen LogP contribution in [0.1, 0.15) is 22.8 Å². The van der Waals surface area contributed by atoms with E-state index in [0.29, 0.717) is 12.1 Å². The highest BCUT2D eigenvalue weighted by molar-refractivity contribution is 6.01. The number of aromatic carboxylic acids is 1. The van der Waals surface area contributed by atoms with Crippen LogP contribution in [0.25, 0.3) is 0 Å². The topological polar surface area (TPSA) is 92.4 Å². The number of carbonyl (C=O) groups is 2. The highest BCUT2D eigenvalue weighted by Crippen LogP contribution is 2.32. The molecule has 1 amide bonds. The number of hydrogen-bond acceptors (Lipinski definition) is 3. The van der Waals surface area contributed by atoms with E-state index in [0.717, 1.165) is 6.07 Å². The smallest absolute Gasteiger partial charge is 0.416 e. The van der Waals surface area contributed by atoms with Crippen LogP contribution in [0, 0.1) is 5.92 Å². The molecule has 0 radical (unpaired) electrons. The lowest BCUT2D eigenvalue weighted by molar-refractivity contribution is -0.137. The molecule has 0 aliphatic carbocycles. The van der Waals surface area contributed by atoms with Crippen LogP contribution in [-0.4, -0.2) is 23.5 Å². The first-order valence-corrected chi connectivity index (χ1v) is 5.62. The third kappa shape index (κ3) is 3.70. The highest BCUT2D eigenvalue weighted by atomic mass is 19.4. The Hall–Kier alpha value is -2.09. The lowest BCUT2D eigenvalue weighted by atomic mass is 10.1. The molecule has 0 spiro atoms. The summed E-state index contributed by atoms with van der Waals surface area (Å²) in [7, 11) is 0. The summed E-state index contributed by atoms with van der Waals surface area (Å²) in [5.74, 6) is -2.71. The molecule has 5 nitrogen and oxygen atoms in total. The number of benzene rings is 1. The summed E-state index contributed by atoms with van der Waals surface area (Å²) in [5.41, 5.74) is 3.36. The van der Waals surface area contributed by atoms with Gasteiger partial charge in [0.15, 0.2) is 0 Å². The molecule has 0 bridgehead atoms. The molecule has 1 aromatic rings. The SMILES string of the molecule is CC(CN)C(=O)Nc1ccc(C(F)(F)F)cc1C(=O)O. The molecule has 0 aliphatic heterocycles. The standard InChI is InChI=1S/C12H13F3N2O3/c1-6(5-16)10(18)17-9-3-2-7(12(13,14)15)4-8(9)11(19)20/h2-4,6H,5,16H2,1H3,(H,17,18)(H,19,20). The number of carbonyl (C=O) groups excluding carboxylic acids is 1. The van der Waals surface area contributed by atoms with Gasteiger partial charge in [0, 0.05) is 12.5 Å². The van der Waals surface area contributed by atoms with Gasteiger partial charge in [-0.05, 0) is 18.2 Å². The predicted octanol–water partition coefficient (Wildman–Crippen LogP) is 1.94. The average molecular weight is 290 g/mol. The van der Waals surface area contributed by atoms with Gasteiger partial charge in [-0.2, -0.15) is 13.2 Å². The Balaban J connectivity index is 3.15. The van der Waals surface area contributed by atoms with Gasteiger partial charge in [0.05, 0.1) is 16.8 Å². The summed E-state index contributed by atoms with van der Waals surface area (Å²) in [6.07, 6.45) is -4.66. The maximum atomic E-state index is 12.5. The van der Waals surface area contributed by atoms with Crippen molar-refractivity contribution in [1.82, 2.24) is 0 Å². The largest absolute Gasteiger partial charge is 0.478 e. The maximum absolute atomic E-state index is 12.5. The van der Waals surface area contributed by atoms with Crippen molar-refractivity contribution in [3.63, 3.8) is 0 Å². The summed E-state index contributed by atoms with van der Waals surface area (Å²) in [6.45, 7) is 1.55. The lowest BCUT2D eigenvalue weighted by Gasteiger charge is -2.14. The number of hydrogen-bond donors (Lipinski definition) is 3. The predicted molar refractivity (Wildman–Crippen MR) is 65.3 cm³/mol. The Morgan fingerprint density at radius 2 is 2.00 bits per heavy atom. The molecule has 0 aliphatic rings. The molecular formula is C12H13F3N2O3. The molecule has 0 heterocycles. The zero-order valence-electron chi connectivity index (χ0n) is 10.5. The molecule has 8 heteroatoms. The molecule has 110 valence electrons. The Morgan fingerprint density at radius 1 is 1.40 bits per heavy atom. The summed E-state index contributed by atoms with van der Waals surface area (Å²) < 4.78 is 37.5. The van der Waals surface area contributed by atoms with E-state index in [1.807, 2.05) is 0 Å². The van der Waals surface area contributed by atoms with E-state index >= 15 is 0 Å². The molecule has 0 fully saturated rings. The summed E-state index contributed by atoms with van der Waals surface area (Å²) in [4.78, 5) is 22.6. The molecule has 20 heavy (non-hydrogen) atoms. The molecule has 4 N–H and O–H groups in total. The van der Waals surface area contributed by atoms with E-state index in [9.17, 15) is 22.8 Å². The molecule has 1 aromatic carbocycles.